The Morgan fingerprint density at radius 1 is 1.00 bits per heavy atom. The van der Waals surface area contributed by atoms with Crippen LogP contribution in [0.1, 0.15) is 24.8 Å². The molecule has 4 rings (SSSR count). The smallest absolute Gasteiger partial charge is 0.159 e. The lowest BCUT2D eigenvalue weighted by atomic mass is 9.78. The van der Waals surface area contributed by atoms with Crippen LogP contribution in [0.3, 0.4) is 0 Å². The van der Waals surface area contributed by atoms with E-state index in [9.17, 15) is 0 Å². The summed E-state index contributed by atoms with van der Waals surface area (Å²) in [6, 6.07) is 10.2. The van der Waals surface area contributed by atoms with Crippen LogP contribution in [0.2, 0.25) is 0 Å². The Hall–Kier alpha value is -1.78. The molecule has 4 nitrogen and oxygen atoms in total. The Morgan fingerprint density at radius 2 is 1.74 bits per heavy atom. The van der Waals surface area contributed by atoms with Crippen LogP contribution in [0.25, 0.3) is 11.4 Å². The SMILES string of the molecule is c1ccc(-c2ncc(CN3CCC4(CCNCC4)C3)cn2)cc1. The highest BCUT2D eigenvalue weighted by atomic mass is 15.2. The van der Waals surface area contributed by atoms with Gasteiger partial charge in [-0.2, -0.15) is 0 Å². The maximum Gasteiger partial charge on any atom is 0.159 e. The number of likely N-dealkylation sites (tertiary alicyclic amines) is 1. The van der Waals surface area contributed by atoms with E-state index in [-0.39, 0.29) is 0 Å². The average molecular weight is 308 g/mol. The second kappa shape index (κ2) is 6.38. The fourth-order valence-electron chi connectivity index (χ4n) is 3.96. The summed E-state index contributed by atoms with van der Waals surface area (Å²) in [4.78, 5) is 11.7. The molecule has 2 aliphatic rings. The van der Waals surface area contributed by atoms with Gasteiger partial charge in [0, 0.05) is 36.6 Å². The maximum atomic E-state index is 4.55. The third-order valence-corrected chi connectivity index (χ3v) is 5.33. The molecule has 4 heteroatoms. The molecule has 0 radical (unpaired) electrons. The van der Waals surface area contributed by atoms with Crippen LogP contribution >= 0.6 is 0 Å². The van der Waals surface area contributed by atoms with Gasteiger partial charge in [0.05, 0.1) is 0 Å². The van der Waals surface area contributed by atoms with E-state index in [4.69, 9.17) is 0 Å². The van der Waals surface area contributed by atoms with Gasteiger partial charge < -0.3 is 5.32 Å². The predicted octanol–water partition coefficient (Wildman–Crippen LogP) is 2.72. The third-order valence-electron chi connectivity index (χ3n) is 5.33. The average Bonchev–Trinajstić information content (AvgIpc) is 2.99. The van der Waals surface area contributed by atoms with E-state index in [0.29, 0.717) is 5.41 Å². The van der Waals surface area contributed by atoms with E-state index in [0.717, 1.165) is 17.9 Å². The Kier molecular flexibility index (Phi) is 4.10. The molecule has 3 heterocycles. The van der Waals surface area contributed by atoms with Crippen LogP contribution < -0.4 is 5.32 Å². The summed E-state index contributed by atoms with van der Waals surface area (Å²) in [7, 11) is 0. The van der Waals surface area contributed by atoms with Crippen LogP contribution in [-0.4, -0.2) is 41.0 Å². The van der Waals surface area contributed by atoms with Gasteiger partial charge in [0.25, 0.3) is 0 Å². The van der Waals surface area contributed by atoms with Crippen LogP contribution in [0, 0.1) is 5.41 Å². The van der Waals surface area contributed by atoms with Crippen molar-refractivity contribution in [3.8, 4) is 11.4 Å². The van der Waals surface area contributed by atoms with Gasteiger partial charge in [0.1, 0.15) is 0 Å². The molecule has 1 spiro atoms. The number of aromatic nitrogens is 2. The first kappa shape index (κ1) is 14.8. The highest BCUT2D eigenvalue weighted by molar-refractivity contribution is 5.53. The van der Waals surface area contributed by atoms with Crippen molar-refractivity contribution < 1.29 is 0 Å². The van der Waals surface area contributed by atoms with Gasteiger partial charge in [-0.05, 0) is 44.3 Å². The lowest BCUT2D eigenvalue weighted by molar-refractivity contribution is 0.194. The van der Waals surface area contributed by atoms with Crippen molar-refractivity contribution in [2.45, 2.75) is 25.8 Å². The zero-order valence-electron chi connectivity index (χ0n) is 13.5. The van der Waals surface area contributed by atoms with Crippen LogP contribution in [-0.2, 0) is 6.54 Å². The highest BCUT2D eigenvalue weighted by Gasteiger charge is 2.38. The number of hydrogen-bond acceptors (Lipinski definition) is 4. The van der Waals surface area contributed by atoms with Gasteiger partial charge in [0.2, 0.25) is 0 Å². The summed E-state index contributed by atoms with van der Waals surface area (Å²) in [5, 5.41) is 3.48. The summed E-state index contributed by atoms with van der Waals surface area (Å²) >= 11 is 0. The molecule has 2 saturated heterocycles. The van der Waals surface area contributed by atoms with Gasteiger partial charge in [-0.3, -0.25) is 4.90 Å². The van der Waals surface area contributed by atoms with Crippen molar-refractivity contribution in [2.24, 2.45) is 5.41 Å². The zero-order valence-corrected chi connectivity index (χ0v) is 13.5. The molecule has 0 atom stereocenters. The number of benzene rings is 1. The number of hydrogen-bond donors (Lipinski definition) is 1. The zero-order chi connectivity index (χ0) is 15.5. The Morgan fingerprint density at radius 3 is 2.48 bits per heavy atom. The van der Waals surface area contributed by atoms with Crippen LogP contribution in [0.4, 0.5) is 0 Å². The number of nitrogens with zero attached hydrogens (tertiary/aromatic N) is 3. The van der Waals surface area contributed by atoms with Crippen molar-refractivity contribution in [2.75, 3.05) is 26.2 Å². The molecule has 0 aliphatic carbocycles. The topological polar surface area (TPSA) is 41.1 Å². The number of rotatable bonds is 3. The monoisotopic (exact) mass is 308 g/mol. The first-order valence-electron chi connectivity index (χ1n) is 8.63. The van der Waals surface area contributed by atoms with E-state index in [1.54, 1.807) is 0 Å². The standard InChI is InChI=1S/C19H24N4/c1-2-4-17(5-3-1)18-21-12-16(13-22-18)14-23-11-8-19(15-23)6-9-20-10-7-19/h1-5,12-13,20H,6-11,14-15H2. The molecule has 120 valence electrons. The van der Waals surface area contributed by atoms with Gasteiger partial charge >= 0.3 is 0 Å². The molecule has 2 fully saturated rings. The van der Waals surface area contributed by atoms with Gasteiger partial charge in [0.15, 0.2) is 5.82 Å². The minimum atomic E-state index is 0.566. The fraction of sp³-hybridized carbons (Fsp3) is 0.474. The highest BCUT2D eigenvalue weighted by Crippen LogP contribution is 2.38. The minimum absolute atomic E-state index is 0.566. The molecule has 23 heavy (non-hydrogen) atoms. The summed E-state index contributed by atoms with van der Waals surface area (Å²) in [6.07, 6.45) is 7.98. The largest absolute Gasteiger partial charge is 0.317 e. The van der Waals surface area contributed by atoms with Crippen molar-refractivity contribution in [1.82, 2.24) is 20.2 Å². The molecule has 1 aromatic heterocycles. The van der Waals surface area contributed by atoms with Gasteiger partial charge in [-0.15, -0.1) is 0 Å². The summed E-state index contributed by atoms with van der Waals surface area (Å²) in [5.74, 6) is 0.811. The Balaban J connectivity index is 1.40. The normalized spacial score (nSPS) is 20.9. The first-order valence-corrected chi connectivity index (χ1v) is 8.63. The van der Waals surface area contributed by atoms with E-state index >= 15 is 0 Å². The fourth-order valence-corrected chi connectivity index (χ4v) is 3.96. The molecule has 2 aromatic rings. The maximum absolute atomic E-state index is 4.55. The number of piperidine rings is 1. The summed E-state index contributed by atoms with van der Waals surface area (Å²) in [5.41, 5.74) is 2.86. The summed E-state index contributed by atoms with van der Waals surface area (Å²) < 4.78 is 0. The molecule has 1 N–H and O–H groups in total. The quantitative estimate of drug-likeness (QED) is 0.946. The van der Waals surface area contributed by atoms with Crippen LogP contribution in [0.5, 0.6) is 0 Å². The first-order chi connectivity index (χ1) is 11.3. The molecule has 2 aliphatic heterocycles. The lowest BCUT2D eigenvalue weighted by Gasteiger charge is -2.33. The number of nitrogens with one attached hydrogen (secondary N) is 1. The van der Waals surface area contributed by atoms with E-state index < -0.39 is 0 Å². The third kappa shape index (κ3) is 3.28. The molecule has 0 unspecified atom stereocenters. The Bertz CT molecular complexity index is 632. The van der Waals surface area contributed by atoms with Crippen molar-refractivity contribution in [1.29, 1.82) is 0 Å². The van der Waals surface area contributed by atoms with Crippen molar-refractivity contribution >= 4 is 0 Å². The minimum Gasteiger partial charge on any atom is -0.317 e. The second-order valence-electron chi connectivity index (χ2n) is 6.99. The van der Waals surface area contributed by atoms with Crippen LogP contribution in [0.15, 0.2) is 42.7 Å². The molecular formula is C19H24N4. The van der Waals surface area contributed by atoms with Gasteiger partial charge in [-0.25, -0.2) is 9.97 Å². The molecule has 1 aromatic carbocycles. The van der Waals surface area contributed by atoms with Crippen molar-refractivity contribution in [3.63, 3.8) is 0 Å². The van der Waals surface area contributed by atoms with E-state index in [2.05, 4.69) is 32.3 Å². The van der Waals surface area contributed by atoms with E-state index in [1.807, 2.05) is 30.6 Å². The predicted molar refractivity (Wildman–Crippen MR) is 91.9 cm³/mol. The molecule has 0 amide bonds. The van der Waals surface area contributed by atoms with E-state index in [1.165, 1.54) is 51.0 Å². The second-order valence-corrected chi connectivity index (χ2v) is 6.99. The lowest BCUT2D eigenvalue weighted by Crippen LogP contribution is -2.38. The summed E-state index contributed by atoms with van der Waals surface area (Å²) in [6.45, 7) is 5.78. The van der Waals surface area contributed by atoms with Gasteiger partial charge in [-0.1, -0.05) is 30.3 Å². The molecule has 0 bridgehead atoms. The molecule has 0 saturated carbocycles. The Labute approximate surface area is 138 Å². The molecular weight excluding hydrogens is 284 g/mol. The van der Waals surface area contributed by atoms with Crippen molar-refractivity contribution in [3.05, 3.63) is 48.3 Å².